The Morgan fingerprint density at radius 2 is 1.71 bits per heavy atom. The topological polar surface area (TPSA) is 0 Å². The third-order valence-electron chi connectivity index (χ3n) is 2.90. The van der Waals surface area contributed by atoms with Crippen LogP contribution in [-0.2, 0) is 0 Å². The molecule has 0 aliphatic heterocycles. The van der Waals surface area contributed by atoms with E-state index in [0.717, 1.165) is 19.3 Å². The van der Waals surface area contributed by atoms with E-state index in [-0.39, 0.29) is 0 Å². The van der Waals surface area contributed by atoms with Crippen LogP contribution in [0.5, 0.6) is 0 Å². The summed E-state index contributed by atoms with van der Waals surface area (Å²) < 4.78 is 0. The van der Waals surface area contributed by atoms with Crippen molar-refractivity contribution in [2.75, 3.05) is 0 Å². The van der Waals surface area contributed by atoms with E-state index in [4.69, 9.17) is 6.42 Å². The van der Waals surface area contributed by atoms with Gasteiger partial charge in [0.2, 0.25) is 0 Å². The second-order valence-corrected chi connectivity index (χ2v) is 10.2. The van der Waals surface area contributed by atoms with Gasteiger partial charge in [-0.1, -0.05) is 33.9 Å². The van der Waals surface area contributed by atoms with E-state index in [1.807, 2.05) is 0 Å². The van der Waals surface area contributed by atoms with Crippen LogP contribution in [0.4, 0.5) is 0 Å². The van der Waals surface area contributed by atoms with E-state index in [9.17, 15) is 0 Å². The van der Waals surface area contributed by atoms with Crippen molar-refractivity contribution >= 4 is 8.07 Å². The van der Waals surface area contributed by atoms with Crippen molar-refractivity contribution in [1.82, 2.24) is 0 Å². The Morgan fingerprint density at radius 3 is 2.14 bits per heavy atom. The molecule has 0 aromatic carbocycles. The van der Waals surface area contributed by atoms with Crippen LogP contribution in [0.25, 0.3) is 0 Å². The summed E-state index contributed by atoms with van der Waals surface area (Å²) in [5, 5.41) is 0.367. The van der Waals surface area contributed by atoms with E-state index in [0.29, 0.717) is 5.04 Å². The molecule has 0 N–H and O–H groups in total. The molecule has 0 saturated carbocycles. The Labute approximate surface area is 90.5 Å². The van der Waals surface area contributed by atoms with E-state index >= 15 is 0 Å². The first-order valence-electron chi connectivity index (χ1n) is 5.25. The predicted octanol–water partition coefficient (Wildman–Crippen LogP) is 3.84. The summed E-state index contributed by atoms with van der Waals surface area (Å²) in [7, 11) is -1.38. The van der Waals surface area contributed by atoms with Gasteiger partial charge in [-0.05, 0) is 11.5 Å². The molecule has 0 atom stereocenters. The Balaban J connectivity index is 4.16. The number of rotatable bonds is 2. The molecule has 0 aromatic heterocycles. The minimum Gasteiger partial charge on any atom is -0.131 e. The van der Waals surface area contributed by atoms with Crippen LogP contribution in [-0.4, -0.2) is 8.07 Å². The van der Waals surface area contributed by atoms with Crippen molar-refractivity contribution < 1.29 is 0 Å². The average Bonchev–Trinajstić information content (AvgIpc) is 2.02. The lowest BCUT2D eigenvalue weighted by Crippen LogP contribution is -2.35. The van der Waals surface area contributed by atoms with Crippen molar-refractivity contribution in [3.8, 4) is 23.8 Å². The van der Waals surface area contributed by atoms with Crippen molar-refractivity contribution in [3.63, 3.8) is 0 Å². The van der Waals surface area contributed by atoms with Gasteiger partial charge in [-0.15, -0.1) is 23.8 Å². The van der Waals surface area contributed by atoms with Gasteiger partial charge in [-0.2, -0.15) is 0 Å². The molecule has 0 radical (unpaired) electrons. The lowest BCUT2D eigenvalue weighted by atomic mass is 10.2. The lowest BCUT2D eigenvalue weighted by Gasteiger charge is -2.31. The van der Waals surface area contributed by atoms with Gasteiger partial charge in [-0.3, -0.25) is 0 Å². The summed E-state index contributed by atoms with van der Waals surface area (Å²) in [6.45, 7) is 11.5. The first kappa shape index (κ1) is 13.3. The monoisotopic (exact) mass is 206 g/mol. The lowest BCUT2D eigenvalue weighted by molar-refractivity contribution is 0.730. The van der Waals surface area contributed by atoms with Gasteiger partial charge in [0.25, 0.3) is 0 Å². The van der Waals surface area contributed by atoms with E-state index < -0.39 is 8.07 Å². The Hall–Kier alpha value is -0.663. The molecule has 0 heterocycles. The summed E-state index contributed by atoms with van der Waals surface area (Å²) >= 11 is 0. The van der Waals surface area contributed by atoms with E-state index in [1.165, 1.54) is 0 Å². The highest BCUT2D eigenvalue weighted by Gasteiger charge is 2.33. The molecule has 0 nitrogen and oxygen atoms in total. The first-order valence-corrected chi connectivity index (χ1v) is 8.25. The Kier molecular flexibility index (Phi) is 5.03. The van der Waals surface area contributed by atoms with Crippen LogP contribution >= 0.6 is 0 Å². The number of hydrogen-bond acceptors (Lipinski definition) is 0. The third kappa shape index (κ3) is 4.54. The molecular weight excluding hydrogens is 184 g/mol. The molecule has 78 valence electrons. The molecule has 0 aliphatic carbocycles. The normalized spacial score (nSPS) is 11.4. The second-order valence-electron chi connectivity index (χ2n) is 5.23. The largest absolute Gasteiger partial charge is 0.137 e. The fourth-order valence-corrected chi connectivity index (χ4v) is 1.69. The fourth-order valence-electron chi connectivity index (χ4n) is 0.750. The van der Waals surface area contributed by atoms with Gasteiger partial charge in [-0.25, -0.2) is 0 Å². The molecule has 0 spiro atoms. The number of hydrogen-bond donors (Lipinski definition) is 0. The smallest absolute Gasteiger partial charge is 0.131 e. The standard InChI is InChI=1S/C13H22Si/c1-7-8-9-10-11-12-14(5,6)13(2,3)4/h1H,8-10H2,2-6H3. The summed E-state index contributed by atoms with van der Waals surface area (Å²) in [4.78, 5) is 0. The molecule has 1 heteroatoms. The minimum atomic E-state index is -1.38. The zero-order valence-electron chi connectivity index (χ0n) is 10.2. The molecule has 0 fully saturated rings. The fraction of sp³-hybridized carbons (Fsp3) is 0.692. The van der Waals surface area contributed by atoms with Crippen molar-refractivity contribution in [1.29, 1.82) is 0 Å². The zero-order chi connectivity index (χ0) is 11.2. The quantitative estimate of drug-likeness (QED) is 0.366. The van der Waals surface area contributed by atoms with Gasteiger partial charge < -0.3 is 0 Å². The molecule has 0 bridgehead atoms. The van der Waals surface area contributed by atoms with Gasteiger partial charge in [0, 0.05) is 12.8 Å². The number of terminal acetylenes is 1. The summed E-state index contributed by atoms with van der Waals surface area (Å²) in [5.41, 5.74) is 3.48. The number of unbranched alkanes of at least 4 members (excludes halogenated alkanes) is 2. The average molecular weight is 206 g/mol. The van der Waals surface area contributed by atoms with Crippen LogP contribution in [0.1, 0.15) is 40.0 Å². The van der Waals surface area contributed by atoms with Crippen molar-refractivity contribution in [2.24, 2.45) is 0 Å². The second kappa shape index (κ2) is 5.28. The molecule has 0 unspecified atom stereocenters. The van der Waals surface area contributed by atoms with Crippen LogP contribution in [0.15, 0.2) is 0 Å². The Morgan fingerprint density at radius 1 is 1.14 bits per heavy atom. The first-order chi connectivity index (χ1) is 6.31. The summed E-state index contributed by atoms with van der Waals surface area (Å²) in [5.74, 6) is 5.92. The molecular formula is C13H22Si. The van der Waals surface area contributed by atoms with E-state index in [1.54, 1.807) is 0 Å². The molecule has 0 rings (SSSR count). The molecule has 0 amide bonds. The maximum atomic E-state index is 5.18. The molecule has 0 aromatic rings. The summed E-state index contributed by atoms with van der Waals surface area (Å²) in [6, 6.07) is 0. The van der Waals surface area contributed by atoms with Crippen LogP contribution < -0.4 is 0 Å². The highest BCUT2D eigenvalue weighted by Crippen LogP contribution is 2.35. The van der Waals surface area contributed by atoms with Crippen LogP contribution in [0.3, 0.4) is 0 Å². The Bertz CT molecular complexity index is 262. The molecule has 14 heavy (non-hydrogen) atoms. The molecule has 0 aliphatic rings. The van der Waals surface area contributed by atoms with Gasteiger partial charge in [0.1, 0.15) is 8.07 Å². The van der Waals surface area contributed by atoms with Gasteiger partial charge in [0.05, 0.1) is 0 Å². The third-order valence-corrected chi connectivity index (χ3v) is 7.45. The minimum absolute atomic E-state index is 0.367. The molecule has 0 saturated heterocycles. The summed E-state index contributed by atoms with van der Waals surface area (Å²) in [6.07, 6.45) is 8.02. The van der Waals surface area contributed by atoms with Gasteiger partial charge >= 0.3 is 0 Å². The SMILES string of the molecule is C#CCCCC#C[Si](C)(C)C(C)(C)C. The van der Waals surface area contributed by atoms with Gasteiger partial charge in [0.15, 0.2) is 0 Å². The predicted molar refractivity (Wildman–Crippen MR) is 67.7 cm³/mol. The van der Waals surface area contributed by atoms with Crippen LogP contribution in [0.2, 0.25) is 18.1 Å². The highest BCUT2D eigenvalue weighted by atomic mass is 28.3. The van der Waals surface area contributed by atoms with Crippen LogP contribution in [0, 0.1) is 23.8 Å². The van der Waals surface area contributed by atoms with E-state index in [2.05, 4.69) is 51.2 Å². The van der Waals surface area contributed by atoms with Crippen molar-refractivity contribution in [3.05, 3.63) is 0 Å². The maximum Gasteiger partial charge on any atom is 0.137 e. The van der Waals surface area contributed by atoms with Crippen molar-refractivity contribution in [2.45, 2.75) is 58.2 Å². The zero-order valence-corrected chi connectivity index (χ0v) is 11.2. The highest BCUT2D eigenvalue weighted by molar-refractivity contribution is 6.87. The maximum absolute atomic E-state index is 5.18.